The van der Waals surface area contributed by atoms with Crippen LogP contribution in [0.3, 0.4) is 0 Å². The number of carbonyl (C=O) groups excluding carboxylic acids is 3. The van der Waals surface area contributed by atoms with E-state index >= 15 is 0 Å². The molecule has 0 aromatic rings. The third-order valence-corrected chi connectivity index (χ3v) is 6.13. The van der Waals surface area contributed by atoms with E-state index in [1.807, 2.05) is 24.3 Å². The fourth-order valence-corrected chi connectivity index (χ4v) is 3.72. The molecule has 0 aliphatic carbocycles. The molecule has 0 saturated heterocycles. The van der Waals surface area contributed by atoms with Crippen LogP contribution < -0.4 is 0 Å². The van der Waals surface area contributed by atoms with Crippen molar-refractivity contribution < 1.29 is 28.6 Å². The summed E-state index contributed by atoms with van der Waals surface area (Å²) < 4.78 is 16.2. The maximum atomic E-state index is 12.4. The van der Waals surface area contributed by atoms with Gasteiger partial charge in [0.05, 0.1) is 12.8 Å². The van der Waals surface area contributed by atoms with Crippen LogP contribution in [-0.2, 0) is 28.6 Å². The van der Waals surface area contributed by atoms with Gasteiger partial charge in [0.2, 0.25) is 0 Å². The molecule has 1 unspecified atom stereocenters. The zero-order valence-electron chi connectivity index (χ0n) is 28.1. The second kappa shape index (κ2) is 33.2. The SMILES string of the molecule is CC/C=C\C/C=C\C/C=C\CC(=O)OCC(COC(=O)CCCC/C=C\C/C=C\CC)OC(=O)C/C=C\C/C=C\C/C=C\CC. The van der Waals surface area contributed by atoms with Crippen LogP contribution >= 0.6 is 0 Å². The van der Waals surface area contributed by atoms with Crippen molar-refractivity contribution in [2.24, 2.45) is 0 Å². The van der Waals surface area contributed by atoms with Gasteiger partial charge < -0.3 is 14.2 Å². The molecule has 0 aliphatic heterocycles. The third kappa shape index (κ3) is 31.6. The topological polar surface area (TPSA) is 78.9 Å². The van der Waals surface area contributed by atoms with Gasteiger partial charge in [0, 0.05) is 6.42 Å². The fraction of sp³-hybridized carbons (Fsp3) is 0.513. The van der Waals surface area contributed by atoms with E-state index in [2.05, 4.69) is 81.5 Å². The van der Waals surface area contributed by atoms with Crippen LogP contribution in [0.4, 0.5) is 0 Å². The van der Waals surface area contributed by atoms with E-state index in [0.717, 1.165) is 64.2 Å². The first-order chi connectivity index (χ1) is 22.0. The summed E-state index contributed by atoms with van der Waals surface area (Å²) in [7, 11) is 0. The number of hydrogen-bond donors (Lipinski definition) is 0. The number of carbonyl (C=O) groups is 3. The summed E-state index contributed by atoms with van der Waals surface area (Å²) in [5, 5.41) is 0. The maximum absolute atomic E-state index is 12.4. The zero-order valence-corrected chi connectivity index (χ0v) is 28.1. The average Bonchev–Trinajstić information content (AvgIpc) is 3.03. The molecule has 0 rings (SSSR count). The molecule has 0 N–H and O–H groups in total. The van der Waals surface area contributed by atoms with Gasteiger partial charge in [-0.15, -0.1) is 0 Å². The van der Waals surface area contributed by atoms with Gasteiger partial charge in [-0.2, -0.15) is 0 Å². The quantitative estimate of drug-likeness (QED) is 0.0393. The molecule has 6 heteroatoms. The molecular weight excluding hydrogens is 564 g/mol. The van der Waals surface area contributed by atoms with E-state index < -0.39 is 18.0 Å². The summed E-state index contributed by atoms with van der Waals surface area (Å²) in [6.07, 6.45) is 41.9. The second-order valence-electron chi connectivity index (χ2n) is 10.3. The molecule has 0 amide bonds. The Kier molecular flexibility index (Phi) is 30.5. The monoisotopic (exact) mass is 622 g/mol. The van der Waals surface area contributed by atoms with E-state index in [-0.39, 0.29) is 38.4 Å². The van der Waals surface area contributed by atoms with Crippen molar-refractivity contribution in [1.82, 2.24) is 0 Å². The third-order valence-electron chi connectivity index (χ3n) is 6.13. The number of rotatable bonds is 27. The van der Waals surface area contributed by atoms with Crippen LogP contribution in [0.25, 0.3) is 0 Å². The minimum atomic E-state index is -0.869. The first-order valence-electron chi connectivity index (χ1n) is 16.7. The van der Waals surface area contributed by atoms with Gasteiger partial charge in [0.15, 0.2) is 6.10 Å². The van der Waals surface area contributed by atoms with Crippen molar-refractivity contribution in [2.75, 3.05) is 13.2 Å². The first kappa shape index (κ1) is 41.3. The van der Waals surface area contributed by atoms with Crippen LogP contribution in [0.2, 0.25) is 0 Å². The molecule has 0 aliphatic rings. The summed E-state index contributed by atoms with van der Waals surface area (Å²) in [4.78, 5) is 37.0. The molecular formula is C39H58O6. The molecule has 0 aromatic carbocycles. The van der Waals surface area contributed by atoms with Crippen molar-refractivity contribution in [2.45, 2.75) is 117 Å². The predicted octanol–water partition coefficient (Wildman–Crippen LogP) is 9.96. The highest BCUT2D eigenvalue weighted by Crippen LogP contribution is 2.06. The van der Waals surface area contributed by atoms with Crippen molar-refractivity contribution in [3.63, 3.8) is 0 Å². The summed E-state index contributed by atoms with van der Waals surface area (Å²) in [6.45, 7) is 5.97. The molecule has 0 aromatic heterocycles. The Hall–Kier alpha value is -3.67. The van der Waals surface area contributed by atoms with Crippen molar-refractivity contribution in [1.29, 1.82) is 0 Å². The predicted molar refractivity (Wildman–Crippen MR) is 187 cm³/mol. The molecule has 0 fully saturated rings. The smallest absolute Gasteiger partial charge is 0.310 e. The van der Waals surface area contributed by atoms with Crippen LogP contribution in [0.15, 0.2) is 97.2 Å². The highest BCUT2D eigenvalue weighted by Gasteiger charge is 2.18. The van der Waals surface area contributed by atoms with Crippen molar-refractivity contribution in [3.05, 3.63) is 97.2 Å². The molecule has 1 atom stereocenters. The lowest BCUT2D eigenvalue weighted by Crippen LogP contribution is -2.30. The Labute approximate surface area is 273 Å². The number of unbranched alkanes of at least 4 members (excludes halogenated alkanes) is 2. The van der Waals surface area contributed by atoms with Crippen LogP contribution in [-0.4, -0.2) is 37.2 Å². The minimum absolute atomic E-state index is 0.0776. The Balaban J connectivity index is 4.68. The average molecular weight is 623 g/mol. The van der Waals surface area contributed by atoms with Gasteiger partial charge >= 0.3 is 17.9 Å². The van der Waals surface area contributed by atoms with E-state index in [0.29, 0.717) is 6.42 Å². The fourth-order valence-electron chi connectivity index (χ4n) is 3.72. The van der Waals surface area contributed by atoms with E-state index in [1.54, 1.807) is 12.2 Å². The summed E-state index contributed by atoms with van der Waals surface area (Å²) >= 11 is 0. The van der Waals surface area contributed by atoms with E-state index in [4.69, 9.17) is 14.2 Å². The molecule has 250 valence electrons. The molecule has 0 spiro atoms. The first-order valence-corrected chi connectivity index (χ1v) is 16.7. The Morgan fingerprint density at radius 2 is 0.867 bits per heavy atom. The zero-order chi connectivity index (χ0) is 33.1. The van der Waals surface area contributed by atoms with Gasteiger partial charge in [-0.05, 0) is 70.6 Å². The van der Waals surface area contributed by atoms with Crippen LogP contribution in [0.5, 0.6) is 0 Å². The molecule has 6 nitrogen and oxygen atoms in total. The van der Waals surface area contributed by atoms with Crippen LogP contribution in [0, 0.1) is 0 Å². The number of ether oxygens (including phenoxy) is 3. The molecule has 0 heterocycles. The lowest BCUT2D eigenvalue weighted by Gasteiger charge is -2.17. The van der Waals surface area contributed by atoms with Gasteiger partial charge in [-0.25, -0.2) is 0 Å². The Bertz CT molecular complexity index is 993. The molecule has 0 radical (unpaired) electrons. The van der Waals surface area contributed by atoms with Gasteiger partial charge in [0.25, 0.3) is 0 Å². The van der Waals surface area contributed by atoms with Gasteiger partial charge in [-0.3, -0.25) is 14.4 Å². The van der Waals surface area contributed by atoms with Gasteiger partial charge in [0.1, 0.15) is 13.2 Å². The normalized spacial score (nSPS) is 13.2. The molecule has 45 heavy (non-hydrogen) atoms. The number of hydrogen-bond acceptors (Lipinski definition) is 6. The number of esters is 3. The highest BCUT2D eigenvalue weighted by atomic mass is 16.6. The summed E-state index contributed by atoms with van der Waals surface area (Å²) in [6, 6.07) is 0. The lowest BCUT2D eigenvalue weighted by atomic mass is 10.2. The van der Waals surface area contributed by atoms with Crippen LogP contribution in [0.1, 0.15) is 111 Å². The highest BCUT2D eigenvalue weighted by molar-refractivity contribution is 5.72. The lowest BCUT2D eigenvalue weighted by molar-refractivity contribution is -0.166. The van der Waals surface area contributed by atoms with Gasteiger partial charge in [-0.1, -0.05) is 118 Å². The standard InChI is InChI=1S/C39H58O6/c1-4-7-10-13-16-19-22-25-28-31-37(40)43-34-36(45-39(42)33-30-27-24-21-18-15-12-9-6-3)35-44-38(41)32-29-26-23-20-17-14-11-8-5-2/h7-12,16-21,25,27-28,30,36H,4-6,13-15,22-24,26,29,31-35H2,1-3H3/b10-7-,11-8-,12-9-,19-16-,20-17-,21-18-,28-25-,30-27-. The maximum Gasteiger partial charge on any atom is 0.310 e. The van der Waals surface area contributed by atoms with Crippen molar-refractivity contribution in [3.8, 4) is 0 Å². The van der Waals surface area contributed by atoms with E-state index in [1.165, 1.54) is 0 Å². The molecule has 0 saturated carbocycles. The summed E-state index contributed by atoms with van der Waals surface area (Å²) in [5.74, 6) is -1.27. The second-order valence-corrected chi connectivity index (χ2v) is 10.3. The Morgan fingerprint density at radius 1 is 0.467 bits per heavy atom. The van der Waals surface area contributed by atoms with E-state index in [9.17, 15) is 14.4 Å². The summed E-state index contributed by atoms with van der Waals surface area (Å²) in [5.41, 5.74) is 0. The number of allylic oxidation sites excluding steroid dienone is 14. The molecule has 0 bridgehead atoms. The largest absolute Gasteiger partial charge is 0.462 e. The minimum Gasteiger partial charge on any atom is -0.462 e. The Morgan fingerprint density at radius 3 is 1.36 bits per heavy atom. The van der Waals surface area contributed by atoms with Crippen molar-refractivity contribution >= 4 is 17.9 Å².